The monoisotopic (exact) mass is 299 g/mol. The molecular formula is C11H14BrN3S. The molecule has 0 aliphatic carbocycles. The molecule has 0 radical (unpaired) electrons. The van der Waals surface area contributed by atoms with Crippen LogP contribution in [0.15, 0.2) is 28.3 Å². The van der Waals surface area contributed by atoms with Gasteiger partial charge in [-0.25, -0.2) is 0 Å². The first-order chi connectivity index (χ1) is 7.79. The van der Waals surface area contributed by atoms with E-state index in [-0.39, 0.29) is 0 Å². The highest BCUT2D eigenvalue weighted by atomic mass is 79.9. The van der Waals surface area contributed by atoms with Crippen LogP contribution >= 0.6 is 27.3 Å². The molecule has 0 aliphatic heterocycles. The minimum atomic E-state index is 0.838. The Labute approximate surface area is 108 Å². The third kappa shape index (κ3) is 2.93. The van der Waals surface area contributed by atoms with Crippen molar-refractivity contribution in [3.8, 4) is 0 Å². The minimum absolute atomic E-state index is 0.838. The van der Waals surface area contributed by atoms with Gasteiger partial charge in [0.25, 0.3) is 0 Å². The Morgan fingerprint density at radius 3 is 3.12 bits per heavy atom. The maximum absolute atomic E-state index is 4.35. The van der Waals surface area contributed by atoms with Crippen LogP contribution in [-0.2, 0) is 13.1 Å². The van der Waals surface area contributed by atoms with Crippen molar-refractivity contribution >= 4 is 27.3 Å². The van der Waals surface area contributed by atoms with Crippen LogP contribution in [0.5, 0.6) is 0 Å². The predicted octanol–water partition coefficient (Wildman–Crippen LogP) is 2.86. The van der Waals surface area contributed by atoms with Crippen molar-refractivity contribution in [2.45, 2.75) is 20.0 Å². The molecule has 0 spiro atoms. The Morgan fingerprint density at radius 2 is 2.44 bits per heavy atom. The summed E-state index contributed by atoms with van der Waals surface area (Å²) in [4.78, 5) is 1.30. The summed E-state index contributed by atoms with van der Waals surface area (Å²) in [5.74, 6) is 0. The van der Waals surface area contributed by atoms with E-state index in [1.54, 1.807) is 11.3 Å². The first kappa shape index (κ1) is 11.8. The molecule has 2 rings (SSSR count). The fourth-order valence-corrected chi connectivity index (χ4v) is 2.91. The third-order valence-electron chi connectivity index (χ3n) is 2.26. The zero-order chi connectivity index (χ0) is 11.4. The van der Waals surface area contributed by atoms with Crippen LogP contribution in [0.4, 0.5) is 0 Å². The fraction of sp³-hybridized carbons (Fsp3) is 0.364. The van der Waals surface area contributed by atoms with Gasteiger partial charge in [-0.3, -0.25) is 4.68 Å². The fourth-order valence-electron chi connectivity index (χ4n) is 1.44. The van der Waals surface area contributed by atoms with E-state index in [2.05, 4.69) is 50.9 Å². The second-order valence-electron chi connectivity index (χ2n) is 3.52. The Morgan fingerprint density at radius 1 is 1.56 bits per heavy atom. The first-order valence-electron chi connectivity index (χ1n) is 5.23. The van der Waals surface area contributed by atoms with Crippen molar-refractivity contribution in [3.05, 3.63) is 38.8 Å². The average Bonchev–Trinajstić information content (AvgIpc) is 2.87. The molecule has 0 aromatic carbocycles. The van der Waals surface area contributed by atoms with Crippen molar-refractivity contribution < 1.29 is 0 Å². The maximum atomic E-state index is 4.35. The van der Waals surface area contributed by atoms with Gasteiger partial charge in [0.05, 0.1) is 12.7 Å². The normalized spacial score (nSPS) is 10.9. The number of hydrogen-bond donors (Lipinski definition) is 1. The van der Waals surface area contributed by atoms with Crippen LogP contribution in [0.25, 0.3) is 0 Å². The lowest BCUT2D eigenvalue weighted by Crippen LogP contribution is -2.11. The van der Waals surface area contributed by atoms with Gasteiger partial charge in [-0.05, 0) is 33.9 Å². The van der Waals surface area contributed by atoms with E-state index in [4.69, 9.17) is 0 Å². The summed E-state index contributed by atoms with van der Waals surface area (Å²) in [6.45, 7) is 4.82. The van der Waals surface area contributed by atoms with Crippen LogP contribution in [0.2, 0.25) is 0 Å². The zero-order valence-electron chi connectivity index (χ0n) is 9.11. The molecule has 1 N–H and O–H groups in total. The van der Waals surface area contributed by atoms with Crippen LogP contribution in [0.3, 0.4) is 0 Å². The summed E-state index contributed by atoms with van der Waals surface area (Å²) in [7, 11) is 0. The highest BCUT2D eigenvalue weighted by Gasteiger charge is 2.03. The molecular weight excluding hydrogens is 286 g/mol. The summed E-state index contributed by atoms with van der Waals surface area (Å²) in [6, 6.07) is 2.07. The van der Waals surface area contributed by atoms with E-state index >= 15 is 0 Å². The summed E-state index contributed by atoms with van der Waals surface area (Å²) in [5.41, 5.74) is 1.23. The average molecular weight is 300 g/mol. The van der Waals surface area contributed by atoms with Gasteiger partial charge < -0.3 is 5.32 Å². The van der Waals surface area contributed by atoms with Gasteiger partial charge in [-0.15, -0.1) is 11.3 Å². The summed E-state index contributed by atoms with van der Waals surface area (Å²) >= 11 is 5.28. The molecule has 0 saturated heterocycles. The van der Waals surface area contributed by atoms with Crippen LogP contribution < -0.4 is 5.32 Å². The van der Waals surface area contributed by atoms with Gasteiger partial charge in [0.1, 0.15) is 0 Å². The molecule has 0 unspecified atom stereocenters. The van der Waals surface area contributed by atoms with E-state index in [0.717, 1.165) is 19.6 Å². The number of halogens is 1. The molecule has 3 nitrogen and oxygen atoms in total. The maximum Gasteiger partial charge on any atom is 0.0763 e. The second-order valence-corrected chi connectivity index (χ2v) is 5.37. The quantitative estimate of drug-likeness (QED) is 0.920. The zero-order valence-corrected chi connectivity index (χ0v) is 11.5. The number of nitrogens with one attached hydrogen (secondary N) is 1. The summed E-state index contributed by atoms with van der Waals surface area (Å²) < 4.78 is 3.14. The number of thiophene rings is 1. The summed E-state index contributed by atoms with van der Waals surface area (Å²) in [5, 5.41) is 9.72. The predicted molar refractivity (Wildman–Crippen MR) is 70.7 cm³/mol. The molecule has 0 bridgehead atoms. The molecule has 0 fully saturated rings. The van der Waals surface area contributed by atoms with Crippen molar-refractivity contribution in [2.75, 3.05) is 6.54 Å². The van der Waals surface area contributed by atoms with Crippen LogP contribution in [-0.4, -0.2) is 16.3 Å². The molecule has 86 valence electrons. The molecule has 5 heteroatoms. The van der Waals surface area contributed by atoms with Crippen LogP contribution in [0, 0.1) is 0 Å². The van der Waals surface area contributed by atoms with Crippen molar-refractivity contribution in [1.82, 2.24) is 15.1 Å². The molecule has 0 amide bonds. The molecule has 0 atom stereocenters. The summed E-state index contributed by atoms with van der Waals surface area (Å²) in [6.07, 6.45) is 4.01. The number of hydrogen-bond acceptors (Lipinski definition) is 3. The smallest absolute Gasteiger partial charge is 0.0763 e. The Kier molecular flexibility index (Phi) is 4.15. The highest BCUT2D eigenvalue weighted by Crippen LogP contribution is 2.23. The highest BCUT2D eigenvalue weighted by molar-refractivity contribution is 9.10. The lowest BCUT2D eigenvalue weighted by Gasteiger charge is -1.99. The SMILES string of the molecule is CCNCc1cnn(Cc2sccc2Br)c1. The molecule has 2 aromatic heterocycles. The van der Waals surface area contributed by atoms with E-state index < -0.39 is 0 Å². The second kappa shape index (κ2) is 5.61. The topological polar surface area (TPSA) is 29.9 Å². The van der Waals surface area contributed by atoms with Gasteiger partial charge in [0, 0.05) is 27.7 Å². The largest absolute Gasteiger partial charge is 0.313 e. The number of aromatic nitrogens is 2. The lowest BCUT2D eigenvalue weighted by atomic mass is 10.3. The van der Waals surface area contributed by atoms with Crippen molar-refractivity contribution in [3.63, 3.8) is 0 Å². The minimum Gasteiger partial charge on any atom is -0.313 e. The lowest BCUT2D eigenvalue weighted by molar-refractivity contribution is 0.688. The molecule has 0 saturated carbocycles. The van der Waals surface area contributed by atoms with E-state index in [9.17, 15) is 0 Å². The van der Waals surface area contributed by atoms with Crippen molar-refractivity contribution in [1.29, 1.82) is 0 Å². The van der Waals surface area contributed by atoms with Gasteiger partial charge in [0.15, 0.2) is 0 Å². The molecule has 16 heavy (non-hydrogen) atoms. The van der Waals surface area contributed by atoms with Crippen LogP contribution in [0.1, 0.15) is 17.4 Å². The Balaban J connectivity index is 2.00. The standard InChI is InChI=1S/C11H14BrN3S/c1-2-13-5-9-6-14-15(7-9)8-11-10(12)3-4-16-11/h3-4,6-7,13H,2,5,8H2,1H3. The Bertz CT molecular complexity index is 450. The molecule has 2 heterocycles. The van der Waals surface area contributed by atoms with Gasteiger partial charge in [-0.1, -0.05) is 6.92 Å². The van der Waals surface area contributed by atoms with E-state index in [0.29, 0.717) is 0 Å². The van der Waals surface area contributed by atoms with Gasteiger partial charge >= 0.3 is 0 Å². The van der Waals surface area contributed by atoms with Gasteiger partial charge in [0.2, 0.25) is 0 Å². The number of rotatable bonds is 5. The molecule has 0 aliphatic rings. The van der Waals surface area contributed by atoms with E-state index in [1.807, 2.05) is 10.9 Å². The van der Waals surface area contributed by atoms with Crippen molar-refractivity contribution in [2.24, 2.45) is 0 Å². The third-order valence-corrected chi connectivity index (χ3v) is 4.17. The molecule has 2 aromatic rings. The first-order valence-corrected chi connectivity index (χ1v) is 6.90. The Hall–Kier alpha value is -0.650. The van der Waals surface area contributed by atoms with Gasteiger partial charge in [-0.2, -0.15) is 5.10 Å². The number of nitrogens with zero attached hydrogens (tertiary/aromatic N) is 2. The van der Waals surface area contributed by atoms with E-state index in [1.165, 1.54) is 14.9 Å².